The quantitative estimate of drug-likeness (QED) is 0.723. The highest BCUT2D eigenvalue weighted by atomic mass is 16.6. The van der Waals surface area contributed by atoms with E-state index in [0.717, 1.165) is 57.5 Å². The van der Waals surface area contributed by atoms with E-state index in [1.54, 1.807) is 4.68 Å². The number of anilines is 1. The van der Waals surface area contributed by atoms with Crippen molar-refractivity contribution in [2.24, 2.45) is 5.41 Å². The number of ether oxygens (including phenoxy) is 1. The predicted molar refractivity (Wildman–Crippen MR) is 115 cm³/mol. The number of nitrogens with one attached hydrogen (secondary N) is 1. The van der Waals surface area contributed by atoms with Crippen molar-refractivity contribution in [3.05, 3.63) is 12.4 Å². The van der Waals surface area contributed by atoms with Crippen molar-refractivity contribution in [2.75, 3.05) is 31.1 Å². The number of rotatable bonds is 2. The van der Waals surface area contributed by atoms with Gasteiger partial charge in [-0.2, -0.15) is 5.10 Å². The first kappa shape index (κ1) is 21.6. The lowest BCUT2D eigenvalue weighted by Gasteiger charge is -2.47. The molecule has 1 atom stereocenters. The molecule has 0 aromatic carbocycles. The maximum absolute atomic E-state index is 12.3. The van der Waals surface area contributed by atoms with Crippen LogP contribution in [0, 0.1) is 5.41 Å². The van der Waals surface area contributed by atoms with Gasteiger partial charge in [0.05, 0.1) is 11.9 Å². The molecule has 3 fully saturated rings. The number of carbonyl (C=O) groups is 3. The van der Waals surface area contributed by atoms with E-state index in [4.69, 9.17) is 4.74 Å². The molecule has 170 valence electrons. The van der Waals surface area contributed by atoms with Crippen LogP contribution in [0.1, 0.15) is 65.3 Å². The summed E-state index contributed by atoms with van der Waals surface area (Å²) in [6, 6.07) is -0.417. The van der Waals surface area contributed by atoms with Gasteiger partial charge in [-0.25, -0.2) is 4.79 Å². The van der Waals surface area contributed by atoms with Crippen molar-refractivity contribution in [1.29, 1.82) is 0 Å². The molecule has 4 rings (SSSR count). The monoisotopic (exact) mass is 431 g/mol. The third-order valence-corrected chi connectivity index (χ3v) is 6.78. The third-order valence-electron chi connectivity index (χ3n) is 6.78. The highest BCUT2D eigenvalue weighted by Gasteiger charge is 2.39. The lowest BCUT2D eigenvalue weighted by Crippen LogP contribution is -2.49. The Bertz CT molecular complexity index is 840. The van der Waals surface area contributed by atoms with Crippen LogP contribution in [-0.2, 0) is 14.3 Å². The minimum Gasteiger partial charge on any atom is -0.444 e. The van der Waals surface area contributed by atoms with Gasteiger partial charge in [0, 0.05) is 38.8 Å². The van der Waals surface area contributed by atoms with Gasteiger partial charge in [-0.1, -0.05) is 0 Å². The van der Waals surface area contributed by atoms with Crippen molar-refractivity contribution in [2.45, 2.75) is 70.9 Å². The van der Waals surface area contributed by atoms with Crippen molar-refractivity contribution < 1.29 is 19.1 Å². The van der Waals surface area contributed by atoms with E-state index in [1.807, 2.05) is 38.1 Å². The maximum atomic E-state index is 12.3. The number of likely N-dealkylation sites (tertiary alicyclic amines) is 1. The summed E-state index contributed by atoms with van der Waals surface area (Å²) in [6.45, 7) is 9.07. The molecule has 1 unspecified atom stereocenters. The van der Waals surface area contributed by atoms with E-state index >= 15 is 0 Å². The molecule has 1 aromatic rings. The fraction of sp³-hybridized carbons (Fsp3) is 0.727. The number of aromatic nitrogens is 2. The molecule has 1 N–H and O–H groups in total. The minimum absolute atomic E-state index is 0.208. The molecule has 9 nitrogen and oxygen atoms in total. The number of piperidine rings is 3. The van der Waals surface area contributed by atoms with Crippen LogP contribution >= 0.6 is 0 Å². The molecule has 3 aliphatic rings. The molecule has 0 radical (unpaired) electrons. The van der Waals surface area contributed by atoms with E-state index in [-0.39, 0.29) is 23.3 Å². The molecule has 0 aliphatic carbocycles. The number of imide groups is 1. The lowest BCUT2D eigenvalue weighted by atomic mass is 9.71. The first-order valence-electron chi connectivity index (χ1n) is 11.2. The van der Waals surface area contributed by atoms with Gasteiger partial charge in [-0.3, -0.25) is 19.6 Å². The molecule has 3 saturated heterocycles. The molecular weight excluding hydrogens is 398 g/mol. The van der Waals surface area contributed by atoms with Crippen LogP contribution in [0.5, 0.6) is 0 Å². The van der Waals surface area contributed by atoms with Crippen molar-refractivity contribution in [3.8, 4) is 0 Å². The summed E-state index contributed by atoms with van der Waals surface area (Å²) in [5, 5.41) is 6.79. The molecule has 3 amide bonds. The first-order valence-corrected chi connectivity index (χ1v) is 11.2. The predicted octanol–water partition coefficient (Wildman–Crippen LogP) is 2.48. The Morgan fingerprint density at radius 1 is 1.13 bits per heavy atom. The molecule has 1 aromatic heterocycles. The molecule has 0 bridgehead atoms. The average Bonchev–Trinajstić information content (AvgIpc) is 3.17. The highest BCUT2D eigenvalue weighted by Crippen LogP contribution is 2.42. The van der Waals surface area contributed by atoms with Crippen LogP contribution < -0.4 is 10.2 Å². The van der Waals surface area contributed by atoms with Crippen LogP contribution in [-0.4, -0.2) is 64.4 Å². The van der Waals surface area contributed by atoms with Crippen molar-refractivity contribution in [3.63, 3.8) is 0 Å². The van der Waals surface area contributed by atoms with Gasteiger partial charge < -0.3 is 14.5 Å². The first-order chi connectivity index (χ1) is 14.6. The van der Waals surface area contributed by atoms with Crippen LogP contribution in [0.4, 0.5) is 10.5 Å². The summed E-state index contributed by atoms with van der Waals surface area (Å²) in [5.74, 6) is -0.493. The molecular formula is C22H33N5O4. The lowest BCUT2D eigenvalue weighted by molar-refractivity contribution is -0.135. The fourth-order valence-corrected chi connectivity index (χ4v) is 4.83. The van der Waals surface area contributed by atoms with Gasteiger partial charge in [0.25, 0.3) is 5.91 Å². The Kier molecular flexibility index (Phi) is 5.70. The number of carbonyl (C=O) groups excluding carboxylic acids is 3. The van der Waals surface area contributed by atoms with Gasteiger partial charge in [0.2, 0.25) is 5.91 Å². The van der Waals surface area contributed by atoms with Gasteiger partial charge in [0.15, 0.2) is 0 Å². The number of hydrogen-bond acceptors (Lipinski definition) is 6. The highest BCUT2D eigenvalue weighted by molar-refractivity contribution is 5.99. The van der Waals surface area contributed by atoms with Crippen molar-refractivity contribution >= 4 is 23.6 Å². The van der Waals surface area contributed by atoms with Crippen LogP contribution in [0.25, 0.3) is 0 Å². The molecule has 31 heavy (non-hydrogen) atoms. The van der Waals surface area contributed by atoms with Crippen LogP contribution in [0.15, 0.2) is 12.4 Å². The summed E-state index contributed by atoms with van der Waals surface area (Å²) < 4.78 is 7.20. The van der Waals surface area contributed by atoms with Gasteiger partial charge in [0.1, 0.15) is 11.6 Å². The van der Waals surface area contributed by atoms with E-state index in [1.165, 1.54) is 0 Å². The summed E-state index contributed by atoms with van der Waals surface area (Å²) >= 11 is 0. The fourth-order valence-electron chi connectivity index (χ4n) is 4.83. The Labute approximate surface area is 183 Å². The summed E-state index contributed by atoms with van der Waals surface area (Å²) in [7, 11) is 0. The van der Waals surface area contributed by atoms with Gasteiger partial charge in [-0.15, -0.1) is 0 Å². The summed E-state index contributed by atoms with van der Waals surface area (Å²) in [4.78, 5) is 40.0. The second kappa shape index (κ2) is 8.16. The van der Waals surface area contributed by atoms with E-state index in [9.17, 15) is 14.4 Å². The molecule has 3 aliphatic heterocycles. The van der Waals surface area contributed by atoms with Crippen LogP contribution in [0.2, 0.25) is 0 Å². The Hall–Kier alpha value is -2.58. The number of amides is 3. The Morgan fingerprint density at radius 2 is 1.77 bits per heavy atom. The third kappa shape index (κ3) is 4.85. The summed E-state index contributed by atoms with van der Waals surface area (Å²) in [6.07, 6.45) is 8.54. The molecule has 1 spiro atoms. The average molecular weight is 432 g/mol. The van der Waals surface area contributed by atoms with Gasteiger partial charge >= 0.3 is 6.09 Å². The van der Waals surface area contributed by atoms with E-state index < -0.39 is 11.6 Å². The van der Waals surface area contributed by atoms with Crippen LogP contribution in [0.3, 0.4) is 0 Å². The Balaban J connectivity index is 1.30. The number of hydrogen-bond donors (Lipinski definition) is 1. The minimum atomic E-state index is -0.462. The summed E-state index contributed by atoms with van der Waals surface area (Å²) in [5.41, 5.74) is 0.843. The van der Waals surface area contributed by atoms with Gasteiger partial charge in [-0.05, 0) is 58.3 Å². The largest absolute Gasteiger partial charge is 0.444 e. The SMILES string of the molecule is CC(C)(C)OC(=O)N1CCC2(CC1)CCN(c1cnn(C3CCC(=O)NC3=O)c1)CC2. The molecule has 0 saturated carbocycles. The maximum Gasteiger partial charge on any atom is 0.410 e. The second-order valence-corrected chi connectivity index (χ2v) is 10.1. The zero-order valence-corrected chi connectivity index (χ0v) is 18.7. The topological polar surface area (TPSA) is 96.8 Å². The smallest absolute Gasteiger partial charge is 0.410 e. The standard InChI is InChI=1S/C22H33N5O4/c1-21(2,3)31-20(30)26-12-8-22(9-13-26)6-10-25(11-7-22)16-14-23-27(15-16)17-4-5-18(28)24-19(17)29/h14-15,17H,4-13H2,1-3H3,(H,24,28,29). The zero-order chi connectivity index (χ0) is 22.2. The molecule has 4 heterocycles. The van der Waals surface area contributed by atoms with Crippen molar-refractivity contribution in [1.82, 2.24) is 20.0 Å². The molecule has 9 heteroatoms. The second-order valence-electron chi connectivity index (χ2n) is 10.1. The zero-order valence-electron chi connectivity index (χ0n) is 18.7. The van der Waals surface area contributed by atoms with E-state index in [0.29, 0.717) is 12.8 Å². The van der Waals surface area contributed by atoms with E-state index in [2.05, 4.69) is 15.3 Å². The Morgan fingerprint density at radius 3 is 2.39 bits per heavy atom. The number of nitrogens with zero attached hydrogens (tertiary/aromatic N) is 4. The normalized spacial score (nSPS) is 24.3.